The first-order chi connectivity index (χ1) is 12.0. The molecule has 0 radical (unpaired) electrons. The van der Waals surface area contributed by atoms with Crippen LogP contribution >= 0.6 is 11.8 Å². The van der Waals surface area contributed by atoms with Gasteiger partial charge in [-0.15, -0.1) is 16.8 Å². The zero-order valence-corrected chi connectivity index (χ0v) is 15.4. The fourth-order valence-corrected chi connectivity index (χ4v) is 3.02. The molecule has 128 valence electrons. The van der Waals surface area contributed by atoms with Crippen molar-refractivity contribution in [2.45, 2.75) is 42.9 Å². The van der Waals surface area contributed by atoms with Crippen LogP contribution in [0.5, 0.6) is 0 Å². The first kappa shape index (κ1) is 17.3. The third kappa shape index (κ3) is 3.93. The predicted molar refractivity (Wildman–Crippen MR) is 98.3 cm³/mol. The molecule has 3 rings (SSSR count). The van der Waals surface area contributed by atoms with Gasteiger partial charge >= 0.3 is 0 Å². The first-order valence-corrected chi connectivity index (χ1v) is 8.76. The van der Waals surface area contributed by atoms with Gasteiger partial charge in [-0.05, 0) is 30.0 Å². The number of hydrogen-bond acceptors (Lipinski definition) is 6. The lowest BCUT2D eigenvalue weighted by molar-refractivity contribution is 0.538. The summed E-state index contributed by atoms with van der Waals surface area (Å²) in [7, 11) is 0. The van der Waals surface area contributed by atoms with E-state index >= 15 is 0 Å². The minimum atomic E-state index is -0.105. The average Bonchev–Trinajstić information content (AvgIpc) is 2.98. The zero-order chi connectivity index (χ0) is 17.9. The van der Waals surface area contributed by atoms with Gasteiger partial charge in [-0.3, -0.25) is 9.55 Å². The molecule has 3 aromatic rings. The standard InChI is InChI=1S/C18H20N6S/c1-5-11-24-15(13-7-6-9-19-12-13)22-23-17(24)25-14-8-10-20-16(21-14)18(2,3)4/h5-10,12H,1,11H2,2-4H3. The van der Waals surface area contributed by atoms with Crippen molar-refractivity contribution in [1.82, 2.24) is 29.7 Å². The van der Waals surface area contributed by atoms with E-state index in [1.807, 2.05) is 28.8 Å². The molecule has 0 unspecified atom stereocenters. The van der Waals surface area contributed by atoms with Crippen LogP contribution in [0.4, 0.5) is 0 Å². The molecule has 0 aliphatic rings. The zero-order valence-electron chi connectivity index (χ0n) is 14.5. The number of pyridine rings is 1. The number of hydrogen-bond donors (Lipinski definition) is 0. The lowest BCUT2D eigenvalue weighted by atomic mass is 9.96. The Kier molecular flexibility index (Phi) is 4.94. The molecule has 0 spiro atoms. The first-order valence-electron chi connectivity index (χ1n) is 7.95. The highest BCUT2D eigenvalue weighted by atomic mass is 32.2. The highest BCUT2D eigenvalue weighted by Gasteiger charge is 2.19. The van der Waals surface area contributed by atoms with E-state index in [9.17, 15) is 0 Å². The predicted octanol–water partition coefficient (Wildman–Crippen LogP) is 3.76. The van der Waals surface area contributed by atoms with Crippen LogP contribution in [0.15, 0.2) is 59.6 Å². The molecule has 3 aromatic heterocycles. The fraction of sp³-hybridized carbons (Fsp3) is 0.278. The smallest absolute Gasteiger partial charge is 0.198 e. The van der Waals surface area contributed by atoms with Gasteiger partial charge < -0.3 is 0 Å². The van der Waals surface area contributed by atoms with Gasteiger partial charge in [0.2, 0.25) is 0 Å². The summed E-state index contributed by atoms with van der Waals surface area (Å²) in [4.78, 5) is 13.2. The second kappa shape index (κ2) is 7.14. The van der Waals surface area contributed by atoms with Gasteiger partial charge in [0.05, 0.1) is 0 Å². The molecular formula is C18H20N6S. The van der Waals surface area contributed by atoms with Crippen molar-refractivity contribution in [2.24, 2.45) is 0 Å². The number of rotatable bonds is 5. The van der Waals surface area contributed by atoms with E-state index in [4.69, 9.17) is 0 Å². The summed E-state index contributed by atoms with van der Waals surface area (Å²) in [6.45, 7) is 10.7. The summed E-state index contributed by atoms with van der Waals surface area (Å²) in [5.74, 6) is 1.57. The third-order valence-electron chi connectivity index (χ3n) is 3.44. The van der Waals surface area contributed by atoms with E-state index in [0.29, 0.717) is 6.54 Å². The van der Waals surface area contributed by atoms with Crippen molar-refractivity contribution >= 4 is 11.8 Å². The number of nitrogens with zero attached hydrogens (tertiary/aromatic N) is 6. The molecule has 6 nitrogen and oxygen atoms in total. The van der Waals surface area contributed by atoms with Crippen LogP contribution in [0.1, 0.15) is 26.6 Å². The van der Waals surface area contributed by atoms with Crippen molar-refractivity contribution in [1.29, 1.82) is 0 Å². The maximum Gasteiger partial charge on any atom is 0.198 e. The molecule has 0 N–H and O–H groups in total. The molecule has 0 aliphatic heterocycles. The van der Waals surface area contributed by atoms with E-state index in [2.05, 4.69) is 52.5 Å². The Balaban J connectivity index is 1.96. The molecular weight excluding hydrogens is 332 g/mol. The van der Waals surface area contributed by atoms with E-state index in [0.717, 1.165) is 27.4 Å². The Morgan fingerprint density at radius 3 is 2.72 bits per heavy atom. The normalized spacial score (nSPS) is 11.5. The van der Waals surface area contributed by atoms with Crippen LogP contribution in [-0.4, -0.2) is 29.7 Å². The summed E-state index contributed by atoms with van der Waals surface area (Å²) >= 11 is 1.47. The van der Waals surface area contributed by atoms with Gasteiger partial charge in [-0.1, -0.05) is 26.8 Å². The minimum absolute atomic E-state index is 0.105. The van der Waals surface area contributed by atoms with E-state index < -0.39 is 0 Å². The lowest BCUT2D eigenvalue weighted by Crippen LogP contribution is -2.15. The van der Waals surface area contributed by atoms with Gasteiger partial charge in [-0.2, -0.15) is 0 Å². The van der Waals surface area contributed by atoms with Crippen LogP contribution in [0.2, 0.25) is 0 Å². The molecule has 0 fully saturated rings. The highest BCUT2D eigenvalue weighted by Crippen LogP contribution is 2.29. The molecule has 0 saturated heterocycles. The van der Waals surface area contributed by atoms with Crippen molar-refractivity contribution in [2.75, 3.05) is 0 Å². The Labute approximate surface area is 151 Å². The molecule has 3 heterocycles. The number of allylic oxidation sites excluding steroid dienone is 1. The van der Waals surface area contributed by atoms with Gasteiger partial charge in [0.25, 0.3) is 0 Å². The lowest BCUT2D eigenvalue weighted by Gasteiger charge is -2.16. The molecule has 0 amide bonds. The summed E-state index contributed by atoms with van der Waals surface area (Å²) in [6.07, 6.45) is 7.13. The topological polar surface area (TPSA) is 69.4 Å². The molecule has 7 heteroatoms. The largest absolute Gasteiger partial charge is 0.298 e. The molecule has 0 aromatic carbocycles. The Morgan fingerprint density at radius 2 is 2.04 bits per heavy atom. The maximum atomic E-state index is 4.66. The van der Waals surface area contributed by atoms with Crippen LogP contribution in [0.3, 0.4) is 0 Å². The van der Waals surface area contributed by atoms with Crippen molar-refractivity contribution in [3.8, 4) is 11.4 Å². The van der Waals surface area contributed by atoms with E-state index in [-0.39, 0.29) is 5.41 Å². The van der Waals surface area contributed by atoms with Gasteiger partial charge in [0.15, 0.2) is 11.0 Å². The van der Waals surface area contributed by atoms with Gasteiger partial charge in [0.1, 0.15) is 10.9 Å². The second-order valence-corrected chi connectivity index (χ2v) is 7.51. The van der Waals surface area contributed by atoms with E-state index in [1.54, 1.807) is 18.6 Å². The highest BCUT2D eigenvalue weighted by molar-refractivity contribution is 7.99. The van der Waals surface area contributed by atoms with Crippen LogP contribution in [0, 0.1) is 0 Å². The molecule has 0 saturated carbocycles. The second-order valence-electron chi connectivity index (χ2n) is 6.52. The molecule has 0 atom stereocenters. The molecule has 0 bridgehead atoms. The van der Waals surface area contributed by atoms with Gasteiger partial charge in [-0.25, -0.2) is 9.97 Å². The van der Waals surface area contributed by atoms with Crippen LogP contribution in [0.25, 0.3) is 11.4 Å². The summed E-state index contributed by atoms with van der Waals surface area (Å²) in [5.41, 5.74) is 0.813. The summed E-state index contributed by atoms with van der Waals surface area (Å²) in [6, 6.07) is 5.74. The SMILES string of the molecule is C=CCn1c(Sc2ccnc(C(C)(C)C)n2)nnc1-c1cccnc1. The molecule has 0 aliphatic carbocycles. The number of aromatic nitrogens is 6. The maximum absolute atomic E-state index is 4.66. The van der Waals surface area contributed by atoms with Gasteiger partial charge in [0, 0.05) is 36.1 Å². The van der Waals surface area contributed by atoms with Crippen molar-refractivity contribution in [3.63, 3.8) is 0 Å². The fourth-order valence-electron chi connectivity index (χ4n) is 2.22. The van der Waals surface area contributed by atoms with Crippen molar-refractivity contribution < 1.29 is 0 Å². The Hall–Kier alpha value is -2.54. The minimum Gasteiger partial charge on any atom is -0.298 e. The Morgan fingerprint density at radius 1 is 1.20 bits per heavy atom. The molecule has 25 heavy (non-hydrogen) atoms. The Bertz CT molecular complexity index is 867. The summed E-state index contributed by atoms with van der Waals surface area (Å²) < 4.78 is 2.01. The van der Waals surface area contributed by atoms with Crippen LogP contribution < -0.4 is 0 Å². The summed E-state index contributed by atoms with van der Waals surface area (Å²) in [5, 5.41) is 10.3. The van der Waals surface area contributed by atoms with Crippen molar-refractivity contribution in [3.05, 3.63) is 55.3 Å². The van der Waals surface area contributed by atoms with E-state index in [1.165, 1.54) is 11.8 Å². The average molecular weight is 352 g/mol. The van der Waals surface area contributed by atoms with Crippen LogP contribution in [-0.2, 0) is 12.0 Å². The quantitative estimate of drug-likeness (QED) is 0.514. The third-order valence-corrected chi connectivity index (χ3v) is 4.37. The monoisotopic (exact) mass is 352 g/mol.